The van der Waals surface area contributed by atoms with Crippen molar-refractivity contribution in [2.24, 2.45) is 0 Å². The van der Waals surface area contributed by atoms with Crippen molar-refractivity contribution in [3.05, 3.63) is 58.7 Å². The molecular weight excluding hydrogens is 304 g/mol. The van der Waals surface area contributed by atoms with Crippen molar-refractivity contribution >= 4 is 33.7 Å². The first-order chi connectivity index (χ1) is 10.6. The summed E-state index contributed by atoms with van der Waals surface area (Å²) in [6.07, 6.45) is 0. The van der Waals surface area contributed by atoms with Crippen LogP contribution in [0.2, 0.25) is 0 Å². The molecule has 0 bridgehead atoms. The molecular formula is C15H8N2O4S. The van der Waals surface area contributed by atoms with E-state index in [2.05, 4.69) is 9.97 Å². The van der Waals surface area contributed by atoms with Crippen LogP contribution in [-0.4, -0.2) is 30.3 Å². The second-order valence-corrected chi connectivity index (χ2v) is 5.79. The molecule has 7 heteroatoms. The molecule has 0 saturated carbocycles. The number of aromatic amines is 1. The van der Waals surface area contributed by atoms with Crippen molar-refractivity contribution < 1.29 is 18.4 Å². The van der Waals surface area contributed by atoms with Crippen LogP contribution in [0.4, 0.5) is 0 Å². The van der Waals surface area contributed by atoms with Gasteiger partial charge in [0.05, 0.1) is 11.0 Å². The van der Waals surface area contributed by atoms with Gasteiger partial charge in [-0.2, -0.15) is 0 Å². The van der Waals surface area contributed by atoms with Crippen molar-refractivity contribution in [2.75, 3.05) is 0 Å². The predicted molar refractivity (Wildman–Crippen MR) is 78.4 cm³/mol. The van der Waals surface area contributed by atoms with Crippen molar-refractivity contribution in [3.8, 4) is 0 Å². The monoisotopic (exact) mass is 312 g/mol. The Morgan fingerprint density at radius 1 is 0.955 bits per heavy atom. The Morgan fingerprint density at radius 3 is 2.14 bits per heavy atom. The van der Waals surface area contributed by atoms with E-state index in [0.29, 0.717) is 22.2 Å². The Hall–Kier alpha value is -2.64. The SMILES string of the molecule is O=C1c2ccccc2C(=O)c2cc3[nH]c(S(=O)O)nc3cc21. The molecule has 0 aliphatic heterocycles. The van der Waals surface area contributed by atoms with Gasteiger partial charge < -0.3 is 4.98 Å². The third-order valence-corrected chi connectivity index (χ3v) is 4.19. The van der Waals surface area contributed by atoms with Crippen LogP contribution in [0.15, 0.2) is 41.6 Å². The molecule has 0 radical (unpaired) electrons. The van der Waals surface area contributed by atoms with Crippen LogP contribution < -0.4 is 0 Å². The summed E-state index contributed by atoms with van der Waals surface area (Å²) in [5.74, 6) is -0.491. The third-order valence-electron chi connectivity index (χ3n) is 3.67. The molecule has 1 heterocycles. The summed E-state index contributed by atoms with van der Waals surface area (Å²) in [6.45, 7) is 0. The second-order valence-electron chi connectivity index (χ2n) is 4.91. The fraction of sp³-hybridized carbons (Fsp3) is 0. The Kier molecular flexibility index (Phi) is 2.63. The van der Waals surface area contributed by atoms with E-state index < -0.39 is 11.1 Å². The second kappa shape index (κ2) is 4.43. The van der Waals surface area contributed by atoms with Crippen LogP contribution in [0.5, 0.6) is 0 Å². The average Bonchev–Trinajstić information content (AvgIpc) is 2.94. The summed E-state index contributed by atoms with van der Waals surface area (Å²) in [5.41, 5.74) is 2.08. The first-order valence-electron chi connectivity index (χ1n) is 6.39. The first kappa shape index (κ1) is 13.1. The molecule has 1 aromatic heterocycles. The molecule has 1 aliphatic carbocycles. The predicted octanol–water partition coefficient (Wildman–Crippen LogP) is 1.92. The number of benzene rings is 2. The number of fused-ring (bicyclic) bond motifs is 3. The van der Waals surface area contributed by atoms with Gasteiger partial charge in [-0.1, -0.05) is 24.3 Å². The van der Waals surface area contributed by atoms with E-state index in [1.165, 1.54) is 12.1 Å². The molecule has 108 valence electrons. The van der Waals surface area contributed by atoms with Crippen LogP contribution in [0.25, 0.3) is 11.0 Å². The van der Waals surface area contributed by atoms with E-state index in [1.54, 1.807) is 24.3 Å². The molecule has 0 amide bonds. The highest BCUT2D eigenvalue weighted by Gasteiger charge is 2.30. The van der Waals surface area contributed by atoms with Gasteiger partial charge in [-0.25, -0.2) is 9.19 Å². The maximum absolute atomic E-state index is 12.5. The van der Waals surface area contributed by atoms with Gasteiger partial charge in [0.1, 0.15) is 0 Å². The zero-order chi connectivity index (χ0) is 15.4. The topological polar surface area (TPSA) is 100 Å². The minimum absolute atomic E-state index is 0.116. The lowest BCUT2D eigenvalue weighted by Crippen LogP contribution is -2.20. The van der Waals surface area contributed by atoms with Crippen molar-refractivity contribution in [2.45, 2.75) is 5.16 Å². The van der Waals surface area contributed by atoms with Crippen LogP contribution in [0, 0.1) is 0 Å². The molecule has 1 aliphatic rings. The lowest BCUT2D eigenvalue weighted by molar-refractivity contribution is 0.0979. The summed E-state index contributed by atoms with van der Waals surface area (Å²) in [6, 6.07) is 9.62. The summed E-state index contributed by atoms with van der Waals surface area (Å²) < 4.78 is 20.2. The van der Waals surface area contributed by atoms with Gasteiger partial charge in [-0.05, 0) is 12.1 Å². The number of aromatic nitrogens is 2. The molecule has 2 N–H and O–H groups in total. The lowest BCUT2D eigenvalue weighted by Gasteiger charge is -2.16. The number of ketones is 2. The minimum atomic E-state index is -2.26. The average molecular weight is 312 g/mol. The molecule has 1 unspecified atom stereocenters. The van der Waals surface area contributed by atoms with Gasteiger partial charge in [-0.15, -0.1) is 0 Å². The number of carbonyl (C=O) groups is 2. The molecule has 0 fully saturated rings. The van der Waals surface area contributed by atoms with E-state index in [0.717, 1.165) is 0 Å². The standard InChI is InChI=1S/C15H8N2O4S/c18-13-7-3-1-2-4-8(7)14(19)10-6-12-11(5-9(10)13)16-15(17-12)22(20)21/h1-6H,(H,16,17)(H,20,21). The van der Waals surface area contributed by atoms with Crippen LogP contribution in [0.1, 0.15) is 31.8 Å². The van der Waals surface area contributed by atoms with Gasteiger partial charge >= 0.3 is 0 Å². The van der Waals surface area contributed by atoms with Crippen LogP contribution in [0.3, 0.4) is 0 Å². The van der Waals surface area contributed by atoms with Gasteiger partial charge in [0.2, 0.25) is 16.2 Å². The fourth-order valence-electron chi connectivity index (χ4n) is 2.66. The summed E-state index contributed by atoms with van der Waals surface area (Å²) in [5, 5.41) is -0.116. The molecule has 6 nitrogen and oxygen atoms in total. The van der Waals surface area contributed by atoms with Crippen LogP contribution in [-0.2, 0) is 11.1 Å². The molecule has 0 spiro atoms. The minimum Gasteiger partial charge on any atom is -0.329 e. The van der Waals surface area contributed by atoms with Gasteiger partial charge in [0, 0.05) is 22.3 Å². The number of hydrogen-bond acceptors (Lipinski definition) is 4. The van der Waals surface area contributed by atoms with Crippen molar-refractivity contribution in [1.29, 1.82) is 0 Å². The van der Waals surface area contributed by atoms with Crippen molar-refractivity contribution in [1.82, 2.24) is 9.97 Å². The Bertz CT molecular complexity index is 934. The Balaban J connectivity index is 2.01. The summed E-state index contributed by atoms with van der Waals surface area (Å²) >= 11 is -2.26. The number of rotatable bonds is 1. The summed E-state index contributed by atoms with van der Waals surface area (Å²) in [4.78, 5) is 31.7. The van der Waals surface area contributed by atoms with Crippen molar-refractivity contribution in [3.63, 3.8) is 0 Å². The molecule has 3 aromatic rings. The quantitative estimate of drug-likeness (QED) is 0.523. The molecule has 2 aromatic carbocycles. The smallest absolute Gasteiger partial charge is 0.225 e. The Labute approximate surface area is 126 Å². The maximum atomic E-state index is 12.5. The largest absolute Gasteiger partial charge is 0.329 e. The first-order valence-corrected chi connectivity index (χ1v) is 7.50. The van der Waals surface area contributed by atoms with Gasteiger partial charge in [-0.3, -0.25) is 14.1 Å². The number of nitrogens with zero attached hydrogens (tertiary/aromatic N) is 1. The normalized spacial score (nSPS) is 14.8. The van der Waals surface area contributed by atoms with E-state index in [1.807, 2.05) is 0 Å². The fourth-order valence-corrected chi connectivity index (χ4v) is 3.03. The van der Waals surface area contributed by atoms with Gasteiger partial charge in [0.25, 0.3) is 0 Å². The summed E-state index contributed by atoms with van der Waals surface area (Å²) in [7, 11) is 0. The third kappa shape index (κ3) is 1.69. The number of imidazole rings is 1. The van der Waals surface area contributed by atoms with E-state index >= 15 is 0 Å². The Morgan fingerprint density at radius 2 is 1.55 bits per heavy atom. The molecule has 0 saturated heterocycles. The highest BCUT2D eigenvalue weighted by molar-refractivity contribution is 7.79. The maximum Gasteiger partial charge on any atom is 0.225 e. The number of nitrogens with one attached hydrogen (secondary N) is 1. The number of hydrogen-bond donors (Lipinski definition) is 2. The zero-order valence-corrected chi connectivity index (χ0v) is 11.8. The zero-order valence-electron chi connectivity index (χ0n) is 11.0. The molecule has 22 heavy (non-hydrogen) atoms. The highest BCUT2D eigenvalue weighted by atomic mass is 32.2. The number of carbonyl (C=O) groups excluding carboxylic acids is 2. The molecule has 4 rings (SSSR count). The van der Waals surface area contributed by atoms with Gasteiger partial charge in [0.15, 0.2) is 11.6 Å². The number of H-pyrrole nitrogens is 1. The lowest BCUT2D eigenvalue weighted by atomic mass is 9.84. The van der Waals surface area contributed by atoms with E-state index in [-0.39, 0.29) is 27.8 Å². The molecule has 1 atom stereocenters. The van der Waals surface area contributed by atoms with E-state index in [4.69, 9.17) is 4.55 Å². The van der Waals surface area contributed by atoms with Crippen LogP contribution >= 0.6 is 0 Å². The van der Waals surface area contributed by atoms with E-state index in [9.17, 15) is 13.8 Å². The highest BCUT2D eigenvalue weighted by Crippen LogP contribution is 2.30.